The van der Waals surface area contributed by atoms with Crippen LogP contribution in [0, 0.1) is 0 Å². The molecule has 1 heteroatoms. The van der Waals surface area contributed by atoms with Gasteiger partial charge in [-0.1, -0.05) is 104 Å². The lowest BCUT2D eigenvalue weighted by Gasteiger charge is -2.34. The summed E-state index contributed by atoms with van der Waals surface area (Å²) >= 11 is 0. The topological polar surface area (TPSA) is 0 Å². The molecule has 0 amide bonds. The van der Waals surface area contributed by atoms with Crippen molar-refractivity contribution < 1.29 is 4.48 Å². The smallest absolute Gasteiger partial charge is 0.0788 e. The maximum absolute atomic E-state index is 2.31. The van der Waals surface area contributed by atoms with Gasteiger partial charge < -0.3 is 4.48 Å². The molecule has 0 saturated carbocycles. The average Bonchev–Trinajstić information content (AvgIpc) is 3.14. The van der Waals surface area contributed by atoms with Crippen LogP contribution in [0.25, 0.3) is 0 Å². The lowest BCUT2D eigenvalue weighted by Crippen LogP contribution is -2.46. The summed E-state index contributed by atoms with van der Waals surface area (Å²) in [6.45, 7) is 10.6. The van der Waals surface area contributed by atoms with E-state index in [2.05, 4.69) is 13.8 Å². The molecule has 162 valence electrons. The van der Waals surface area contributed by atoms with Crippen LogP contribution in [0.3, 0.4) is 0 Å². The van der Waals surface area contributed by atoms with Crippen molar-refractivity contribution in [1.29, 1.82) is 0 Å². The Labute approximate surface area is 173 Å². The highest BCUT2D eigenvalue weighted by atomic mass is 15.4. The van der Waals surface area contributed by atoms with Crippen molar-refractivity contribution in [3.63, 3.8) is 0 Å². The van der Waals surface area contributed by atoms with Crippen molar-refractivity contribution in [3.05, 3.63) is 0 Å². The monoisotopic (exact) mass is 380 g/mol. The second-order valence-corrected chi connectivity index (χ2v) is 9.60. The van der Waals surface area contributed by atoms with E-state index in [1.54, 1.807) is 0 Å². The van der Waals surface area contributed by atoms with Gasteiger partial charge >= 0.3 is 0 Å². The van der Waals surface area contributed by atoms with Crippen LogP contribution in [0.1, 0.15) is 142 Å². The normalized spacial score (nSPS) is 16.2. The number of quaternary nitrogens is 1. The quantitative estimate of drug-likeness (QED) is 0.146. The van der Waals surface area contributed by atoms with Crippen molar-refractivity contribution in [2.24, 2.45) is 0 Å². The van der Waals surface area contributed by atoms with Crippen LogP contribution < -0.4 is 0 Å². The zero-order chi connectivity index (χ0) is 19.5. The second-order valence-electron chi connectivity index (χ2n) is 9.60. The highest BCUT2D eigenvalue weighted by Gasteiger charge is 2.30. The van der Waals surface area contributed by atoms with Gasteiger partial charge in [0.25, 0.3) is 0 Å². The zero-order valence-electron chi connectivity index (χ0n) is 19.4. The van der Waals surface area contributed by atoms with E-state index >= 15 is 0 Å². The van der Waals surface area contributed by atoms with E-state index in [-0.39, 0.29) is 0 Å². The Balaban J connectivity index is 1.98. The maximum atomic E-state index is 2.31. The molecule has 1 heterocycles. The molecule has 0 aromatic heterocycles. The molecule has 0 radical (unpaired) electrons. The molecular formula is C26H54N+. The van der Waals surface area contributed by atoms with Gasteiger partial charge in [-0.15, -0.1) is 0 Å². The minimum Gasteiger partial charge on any atom is -0.324 e. The number of unbranched alkanes of at least 4 members (excludes halogenated alkanes) is 16. The van der Waals surface area contributed by atoms with E-state index in [0.717, 1.165) is 0 Å². The molecule has 0 unspecified atom stereocenters. The van der Waals surface area contributed by atoms with Crippen molar-refractivity contribution in [2.45, 2.75) is 142 Å². The zero-order valence-corrected chi connectivity index (χ0v) is 19.4. The third-order valence-corrected chi connectivity index (χ3v) is 6.99. The van der Waals surface area contributed by atoms with Gasteiger partial charge in [-0.25, -0.2) is 0 Å². The molecule has 0 bridgehead atoms. The Morgan fingerprint density at radius 3 is 1.04 bits per heavy atom. The average molecular weight is 381 g/mol. The number of hydrogen-bond donors (Lipinski definition) is 0. The fourth-order valence-corrected chi connectivity index (χ4v) is 5.08. The molecule has 27 heavy (non-hydrogen) atoms. The van der Waals surface area contributed by atoms with E-state index in [0.29, 0.717) is 0 Å². The van der Waals surface area contributed by atoms with E-state index in [1.165, 1.54) is 159 Å². The summed E-state index contributed by atoms with van der Waals surface area (Å²) in [4.78, 5) is 0. The van der Waals surface area contributed by atoms with Gasteiger partial charge in [0.05, 0.1) is 26.2 Å². The Morgan fingerprint density at radius 1 is 0.407 bits per heavy atom. The summed E-state index contributed by atoms with van der Waals surface area (Å²) in [7, 11) is 0. The number of rotatable bonds is 20. The molecule has 0 atom stereocenters. The van der Waals surface area contributed by atoms with E-state index in [4.69, 9.17) is 0 Å². The molecule has 1 aliphatic rings. The van der Waals surface area contributed by atoms with Crippen LogP contribution in [0.2, 0.25) is 0 Å². The molecule has 0 aromatic carbocycles. The van der Waals surface area contributed by atoms with Crippen LogP contribution in [0.4, 0.5) is 0 Å². The fraction of sp³-hybridized carbons (Fsp3) is 1.00. The highest BCUT2D eigenvalue weighted by Crippen LogP contribution is 2.23. The standard InChI is InChI=1S/C26H54N/c1-3-5-7-9-11-13-15-17-19-23-27(25-21-22-26-27)24-20-18-16-14-12-10-8-6-4-2/h3-26H2,1-2H3/q+1. The van der Waals surface area contributed by atoms with Crippen molar-refractivity contribution in [1.82, 2.24) is 0 Å². The molecule has 1 rings (SSSR count). The predicted molar refractivity (Wildman–Crippen MR) is 123 cm³/mol. The SMILES string of the molecule is CCCCCCCCCCC[N+]1(CCCCCCCCCCC)CCCC1. The molecular weight excluding hydrogens is 326 g/mol. The first-order valence-corrected chi connectivity index (χ1v) is 13.2. The van der Waals surface area contributed by atoms with E-state index in [1.807, 2.05) is 0 Å². The van der Waals surface area contributed by atoms with Crippen LogP contribution in [0.5, 0.6) is 0 Å². The number of nitrogens with zero attached hydrogens (tertiary/aromatic N) is 1. The highest BCUT2D eigenvalue weighted by molar-refractivity contribution is 4.57. The summed E-state index contributed by atoms with van der Waals surface area (Å²) in [6.07, 6.45) is 29.4. The van der Waals surface area contributed by atoms with Gasteiger partial charge in [-0.2, -0.15) is 0 Å². The lowest BCUT2D eigenvalue weighted by atomic mass is 10.1. The molecule has 1 fully saturated rings. The van der Waals surface area contributed by atoms with Gasteiger partial charge in [-0.05, 0) is 25.7 Å². The fourth-order valence-electron chi connectivity index (χ4n) is 5.08. The molecule has 1 aliphatic heterocycles. The summed E-state index contributed by atoms with van der Waals surface area (Å²) in [6, 6.07) is 0. The van der Waals surface area contributed by atoms with Crippen LogP contribution in [0.15, 0.2) is 0 Å². The largest absolute Gasteiger partial charge is 0.324 e. The summed E-state index contributed by atoms with van der Waals surface area (Å²) in [5.74, 6) is 0. The molecule has 0 N–H and O–H groups in total. The number of hydrogen-bond acceptors (Lipinski definition) is 0. The van der Waals surface area contributed by atoms with Gasteiger partial charge in [0.15, 0.2) is 0 Å². The first-order chi connectivity index (χ1) is 13.3. The van der Waals surface area contributed by atoms with E-state index < -0.39 is 0 Å². The lowest BCUT2D eigenvalue weighted by molar-refractivity contribution is -0.917. The minimum atomic E-state index is 1.37. The molecule has 0 aliphatic carbocycles. The van der Waals surface area contributed by atoms with Gasteiger partial charge in [0.1, 0.15) is 0 Å². The van der Waals surface area contributed by atoms with Gasteiger partial charge in [0.2, 0.25) is 0 Å². The molecule has 0 aromatic rings. The molecule has 1 nitrogen and oxygen atoms in total. The third-order valence-electron chi connectivity index (χ3n) is 6.99. The third kappa shape index (κ3) is 13.7. The summed E-state index contributed by atoms with van der Waals surface area (Å²) in [5.41, 5.74) is 0. The Morgan fingerprint density at radius 2 is 0.704 bits per heavy atom. The van der Waals surface area contributed by atoms with Gasteiger partial charge in [0, 0.05) is 12.8 Å². The van der Waals surface area contributed by atoms with Crippen LogP contribution in [-0.2, 0) is 0 Å². The van der Waals surface area contributed by atoms with Crippen molar-refractivity contribution in [3.8, 4) is 0 Å². The Bertz CT molecular complexity index is 269. The second kappa shape index (κ2) is 18.0. The van der Waals surface area contributed by atoms with Crippen molar-refractivity contribution in [2.75, 3.05) is 26.2 Å². The summed E-state index contributed by atoms with van der Waals surface area (Å²) in [5, 5.41) is 0. The predicted octanol–water partition coefficient (Wildman–Crippen LogP) is 8.66. The van der Waals surface area contributed by atoms with Crippen LogP contribution in [-0.4, -0.2) is 30.7 Å². The Hall–Kier alpha value is -0.0400. The van der Waals surface area contributed by atoms with Crippen molar-refractivity contribution >= 4 is 0 Å². The first kappa shape index (κ1) is 25.0. The first-order valence-electron chi connectivity index (χ1n) is 13.2. The minimum absolute atomic E-state index is 1.37. The van der Waals surface area contributed by atoms with E-state index in [9.17, 15) is 0 Å². The molecule has 1 saturated heterocycles. The van der Waals surface area contributed by atoms with Crippen LogP contribution >= 0.6 is 0 Å². The molecule has 0 spiro atoms. The Kier molecular flexibility index (Phi) is 16.7. The maximum Gasteiger partial charge on any atom is 0.0788 e. The van der Waals surface area contributed by atoms with Gasteiger partial charge in [-0.3, -0.25) is 0 Å². The number of likely N-dealkylation sites (tertiary alicyclic amines) is 1. The summed E-state index contributed by atoms with van der Waals surface area (Å²) < 4.78 is 1.49.